The number of oxime groups is 2. The molecule has 0 aliphatic rings. The number of ether oxygens (including phenoxy) is 4. The van der Waals surface area contributed by atoms with Gasteiger partial charge in [0, 0.05) is 62.9 Å². The van der Waals surface area contributed by atoms with Gasteiger partial charge in [-0.25, -0.2) is 9.59 Å². The highest BCUT2D eigenvalue weighted by molar-refractivity contribution is 5.95. The summed E-state index contributed by atoms with van der Waals surface area (Å²) in [5.41, 5.74) is 13.6. The van der Waals surface area contributed by atoms with Crippen LogP contribution in [0.4, 0.5) is 9.59 Å². The van der Waals surface area contributed by atoms with Crippen LogP contribution in [0.15, 0.2) is 58.8 Å². The Balaban J connectivity index is 0.000000861. The molecular weight excluding hydrogens is 1110 g/mol. The van der Waals surface area contributed by atoms with E-state index in [2.05, 4.69) is 57.6 Å². The Morgan fingerprint density at radius 1 is 0.535 bits per heavy atom. The number of carbonyl (C=O) groups is 8. The fraction of sp³-hybridized carbons (Fsp3) is 0.633. The standard InChI is InChI=1S/C31H52N6O7.C29H48N6O7/c1-5-17-43-31(41)35-16-19-42-18-9-8-15-36-44-22-24-11-10-12-25(21-24)29(39)34-14-7-6-13-26(28(32)38)37-30(40)27(33-4)20-23(2)3;1-21(2)18-25(31-3)28(38)35-24(26(30)36)12-5-6-13-32-27(37)23-11-9-10-22(19-23)20-42-34-14-7-8-16-41-17-15-33-29(39)40-4/h10-12,15,21,23,26-27,33H,5-9,13-14,16-20,22H2,1-4H3,(H2,32,38)(H,34,39)(H,35,41)(H,37,40);9-11,14,19,21,24-25,31H,5-8,12-13,15-18,20H2,1-4H3,(H2,30,36)(H,32,37)(H,33,39)(H,35,38)/b36-15-;34-14+/t26-,27-;24-,25-/m00/s1. The molecule has 2 aromatic rings. The molecule has 0 spiro atoms. The first-order valence-corrected chi connectivity index (χ1v) is 29.8. The van der Waals surface area contributed by atoms with Crippen molar-refractivity contribution in [3.8, 4) is 0 Å². The normalized spacial score (nSPS) is 12.5. The van der Waals surface area contributed by atoms with Crippen molar-refractivity contribution in [1.82, 2.24) is 42.5 Å². The van der Waals surface area contributed by atoms with Crippen molar-refractivity contribution in [2.75, 3.05) is 80.4 Å². The molecule has 0 aliphatic carbocycles. The summed E-state index contributed by atoms with van der Waals surface area (Å²) >= 11 is 0. The Bertz CT molecular complexity index is 2320. The van der Waals surface area contributed by atoms with E-state index < -0.39 is 36.1 Å². The molecule has 0 saturated carbocycles. The maximum absolute atomic E-state index is 12.6. The number of amides is 8. The van der Waals surface area contributed by atoms with Crippen molar-refractivity contribution < 1.29 is 67.0 Å². The summed E-state index contributed by atoms with van der Waals surface area (Å²) in [6, 6.07) is 11.9. The predicted molar refractivity (Wildman–Crippen MR) is 329 cm³/mol. The predicted octanol–water partition coefficient (Wildman–Crippen LogP) is 4.47. The van der Waals surface area contributed by atoms with Crippen molar-refractivity contribution >= 4 is 60.1 Å². The molecule has 2 rings (SSSR count). The summed E-state index contributed by atoms with van der Waals surface area (Å²) in [4.78, 5) is 107. The van der Waals surface area contributed by atoms with Gasteiger partial charge in [-0.1, -0.05) is 69.2 Å². The van der Waals surface area contributed by atoms with Crippen LogP contribution < -0.4 is 54.0 Å². The van der Waals surface area contributed by atoms with Crippen LogP contribution in [0, 0.1) is 11.8 Å². The van der Waals surface area contributed by atoms with E-state index in [4.69, 9.17) is 35.4 Å². The molecule has 0 unspecified atom stereocenters. The molecule has 0 saturated heterocycles. The second-order valence-corrected chi connectivity index (χ2v) is 20.9. The third-order valence-electron chi connectivity index (χ3n) is 12.5. The number of nitrogens with zero attached hydrogens (tertiary/aromatic N) is 2. The minimum Gasteiger partial charge on any atom is -0.453 e. The lowest BCUT2D eigenvalue weighted by molar-refractivity contribution is -0.129. The Kier molecular flexibility index (Phi) is 43.4. The van der Waals surface area contributed by atoms with E-state index in [1.165, 1.54) is 7.11 Å². The first kappa shape index (κ1) is 76.6. The number of hydrogen-bond acceptors (Lipinski definition) is 18. The fourth-order valence-electron chi connectivity index (χ4n) is 7.89. The van der Waals surface area contributed by atoms with E-state index in [0.717, 1.165) is 30.4 Å². The molecule has 0 aliphatic heterocycles. The summed E-state index contributed by atoms with van der Waals surface area (Å²) in [5, 5.41) is 30.2. The Hall–Kier alpha value is -7.42. The Morgan fingerprint density at radius 3 is 1.35 bits per heavy atom. The van der Waals surface area contributed by atoms with Gasteiger partial charge in [-0.3, -0.25) is 28.8 Å². The lowest BCUT2D eigenvalue weighted by Gasteiger charge is -2.21. The second-order valence-electron chi connectivity index (χ2n) is 20.9. The smallest absolute Gasteiger partial charge is 0.407 e. The molecular formula is C60H100N12O14. The molecule has 12 N–H and O–H groups in total. The van der Waals surface area contributed by atoms with E-state index in [0.29, 0.717) is 146 Å². The van der Waals surface area contributed by atoms with Crippen LogP contribution in [0.5, 0.6) is 0 Å². The van der Waals surface area contributed by atoms with Gasteiger partial charge in [-0.15, -0.1) is 0 Å². The van der Waals surface area contributed by atoms with Gasteiger partial charge >= 0.3 is 12.2 Å². The topological polar surface area (TPSA) is 365 Å². The largest absolute Gasteiger partial charge is 0.453 e. The molecule has 0 bridgehead atoms. The highest BCUT2D eigenvalue weighted by Crippen LogP contribution is 2.12. The van der Waals surface area contributed by atoms with Crippen molar-refractivity contribution in [3.05, 3.63) is 70.8 Å². The zero-order valence-electron chi connectivity index (χ0n) is 52.0. The SMILES string of the molecule is CCCOC(=O)NCCOCCC/C=N\OCc1cccc(C(=O)NCCCC[C@H](NC(=O)[C@H](CC(C)C)NC)C(N)=O)c1.CN[C@@H](CC(C)C)C(=O)N[C@@H](CCCCNC(=O)c1cccc(CO/N=C/CCCOCCNC(=O)OC)c1)C(N)=O. The molecule has 0 heterocycles. The number of carbonyl (C=O) groups excluding carboxylic acids is 8. The third kappa shape index (κ3) is 38.5. The molecule has 2 aromatic carbocycles. The summed E-state index contributed by atoms with van der Waals surface area (Å²) in [6.07, 6.45) is 10.6. The summed E-state index contributed by atoms with van der Waals surface area (Å²) in [5.74, 6) is -1.43. The van der Waals surface area contributed by atoms with Crippen LogP contribution in [-0.2, 0) is 61.0 Å². The minimum atomic E-state index is -0.759. The first-order valence-electron chi connectivity index (χ1n) is 29.8. The second kappa shape index (κ2) is 48.8. The number of unbranched alkanes of at least 4 members (excludes halogenated alkanes) is 4. The van der Waals surface area contributed by atoms with Gasteiger partial charge in [0.2, 0.25) is 23.6 Å². The van der Waals surface area contributed by atoms with Crippen molar-refractivity contribution in [3.63, 3.8) is 0 Å². The Morgan fingerprint density at radius 2 is 0.965 bits per heavy atom. The zero-order valence-corrected chi connectivity index (χ0v) is 52.0. The average molecular weight is 1210 g/mol. The van der Waals surface area contributed by atoms with Gasteiger partial charge < -0.3 is 82.6 Å². The molecule has 0 fully saturated rings. The van der Waals surface area contributed by atoms with Crippen LogP contribution in [0.3, 0.4) is 0 Å². The molecule has 4 atom stereocenters. The monoisotopic (exact) mass is 1210 g/mol. The number of rotatable bonds is 46. The molecule has 0 radical (unpaired) electrons. The number of methoxy groups -OCH3 is 1. The van der Waals surface area contributed by atoms with Gasteiger partial charge in [0.1, 0.15) is 25.3 Å². The molecule has 484 valence electrons. The first-order chi connectivity index (χ1) is 41.3. The van der Waals surface area contributed by atoms with Gasteiger partial charge in [0.25, 0.3) is 11.8 Å². The quantitative estimate of drug-likeness (QED) is 0.0248. The Labute approximate surface area is 508 Å². The van der Waals surface area contributed by atoms with Crippen LogP contribution in [-0.4, -0.2) is 165 Å². The van der Waals surface area contributed by atoms with E-state index in [1.807, 2.05) is 46.8 Å². The molecule has 26 heteroatoms. The minimum absolute atomic E-state index is 0.214. The maximum Gasteiger partial charge on any atom is 0.407 e. The van der Waals surface area contributed by atoms with E-state index in [9.17, 15) is 38.4 Å². The average Bonchev–Trinajstić information content (AvgIpc) is 3.49. The van der Waals surface area contributed by atoms with Gasteiger partial charge in [-0.2, -0.15) is 0 Å². The highest BCUT2D eigenvalue weighted by atomic mass is 16.6. The number of alkyl carbamates (subject to hydrolysis) is 2. The zero-order chi connectivity index (χ0) is 63.7. The molecule has 8 amide bonds. The summed E-state index contributed by atoms with van der Waals surface area (Å²) in [7, 11) is 4.73. The van der Waals surface area contributed by atoms with E-state index >= 15 is 0 Å². The number of nitrogens with one attached hydrogen (secondary N) is 8. The number of hydrogen-bond donors (Lipinski definition) is 10. The highest BCUT2D eigenvalue weighted by Gasteiger charge is 2.25. The lowest BCUT2D eigenvalue weighted by Crippen LogP contribution is -2.51. The molecule has 86 heavy (non-hydrogen) atoms. The van der Waals surface area contributed by atoms with Crippen LogP contribution >= 0.6 is 0 Å². The third-order valence-corrected chi connectivity index (χ3v) is 12.5. The molecule has 26 nitrogen and oxygen atoms in total. The lowest BCUT2D eigenvalue weighted by atomic mass is 10.0. The van der Waals surface area contributed by atoms with Crippen LogP contribution in [0.2, 0.25) is 0 Å². The molecule has 0 aromatic heterocycles. The van der Waals surface area contributed by atoms with Crippen molar-refractivity contribution in [1.29, 1.82) is 0 Å². The van der Waals surface area contributed by atoms with Crippen molar-refractivity contribution in [2.45, 2.75) is 155 Å². The van der Waals surface area contributed by atoms with Crippen molar-refractivity contribution in [2.24, 2.45) is 33.6 Å². The van der Waals surface area contributed by atoms with Gasteiger partial charge in [0.15, 0.2) is 0 Å². The number of likely N-dealkylation sites (N-methyl/N-ethyl adjacent to an activating group) is 2. The maximum atomic E-state index is 12.6. The number of benzene rings is 2. The van der Waals surface area contributed by atoms with Gasteiger partial charge in [-0.05, 0) is 145 Å². The van der Waals surface area contributed by atoms with Crippen LogP contribution in [0.25, 0.3) is 0 Å². The number of nitrogens with two attached hydrogens (primary N) is 2. The summed E-state index contributed by atoms with van der Waals surface area (Å²) < 4.78 is 20.2. The summed E-state index contributed by atoms with van der Waals surface area (Å²) in [6.45, 7) is 14.4. The number of primary amides is 2. The van der Waals surface area contributed by atoms with Crippen LogP contribution in [0.1, 0.15) is 150 Å². The van der Waals surface area contributed by atoms with Gasteiger partial charge in [0.05, 0.1) is 39.0 Å². The van der Waals surface area contributed by atoms with E-state index in [1.54, 1.807) is 62.9 Å². The van der Waals surface area contributed by atoms with E-state index in [-0.39, 0.29) is 48.9 Å². The fourth-order valence-corrected chi connectivity index (χ4v) is 7.89.